The fourth-order valence-electron chi connectivity index (χ4n) is 2.71. The van der Waals surface area contributed by atoms with E-state index in [4.69, 9.17) is 0 Å². The van der Waals surface area contributed by atoms with Gasteiger partial charge in [0.05, 0.1) is 28.8 Å². The minimum absolute atomic E-state index is 0.0348. The maximum absolute atomic E-state index is 13.7. The molecule has 3 rings (SSSR count). The summed E-state index contributed by atoms with van der Waals surface area (Å²) in [4.78, 5) is 24.3. The number of aliphatic hydroxyl groups is 1. The van der Waals surface area contributed by atoms with Crippen LogP contribution in [0.2, 0.25) is 0 Å². The highest BCUT2D eigenvalue weighted by Gasteiger charge is 2.25. The van der Waals surface area contributed by atoms with Crippen molar-refractivity contribution in [1.82, 2.24) is 4.57 Å². The van der Waals surface area contributed by atoms with Gasteiger partial charge in [-0.3, -0.25) is 9.59 Å². The number of aromatic nitrogens is 1. The molecular weight excluding hydrogens is 407 g/mol. The first-order chi connectivity index (χ1) is 13.8. The van der Waals surface area contributed by atoms with Gasteiger partial charge in [-0.15, -0.1) is 11.3 Å². The van der Waals surface area contributed by atoms with Crippen molar-refractivity contribution in [2.45, 2.75) is 31.9 Å². The van der Waals surface area contributed by atoms with Crippen molar-refractivity contribution in [1.29, 1.82) is 5.26 Å². The summed E-state index contributed by atoms with van der Waals surface area (Å²) in [7, 11) is 0. The molecule has 1 aliphatic rings. The molecule has 6 nitrogen and oxygen atoms in total. The van der Waals surface area contributed by atoms with E-state index in [9.17, 15) is 33.1 Å². The molecule has 0 aliphatic heterocycles. The van der Waals surface area contributed by atoms with Crippen LogP contribution in [0.25, 0.3) is 0 Å². The second kappa shape index (κ2) is 8.52. The summed E-state index contributed by atoms with van der Waals surface area (Å²) in [6, 6.07) is 4.10. The molecule has 2 N–H and O–H groups in total. The van der Waals surface area contributed by atoms with Crippen LogP contribution in [0.4, 0.5) is 18.9 Å². The molecule has 10 heteroatoms. The highest BCUT2D eigenvalue weighted by Crippen LogP contribution is 2.27. The Balaban J connectivity index is 1.80. The standard InChI is InChI=1S/C19H14F3N3O3S/c20-14-6-12(8-25(19(14)28)9-17(21)22)24-18(27)15-5-11(16(7-23)29-15)2-1-10-3-13(26)4-10/h5-6,8,10,13,17,26H,3-4,9H2,(H,24,27). The molecule has 1 amide bonds. The van der Waals surface area contributed by atoms with Crippen LogP contribution >= 0.6 is 11.3 Å². The number of thiophene rings is 1. The Morgan fingerprint density at radius 3 is 2.76 bits per heavy atom. The zero-order valence-corrected chi connectivity index (χ0v) is 15.6. The summed E-state index contributed by atoms with van der Waals surface area (Å²) in [5, 5.41) is 20.8. The normalized spacial score (nSPS) is 17.8. The number of nitrogens with one attached hydrogen (secondary N) is 1. The molecular formula is C19H14F3N3O3S. The molecule has 0 atom stereocenters. The number of halogens is 3. The molecule has 0 bridgehead atoms. The monoisotopic (exact) mass is 421 g/mol. The Morgan fingerprint density at radius 1 is 1.41 bits per heavy atom. The summed E-state index contributed by atoms with van der Waals surface area (Å²) in [5.41, 5.74) is -1.03. The molecule has 0 aromatic carbocycles. The first kappa shape index (κ1) is 20.6. The van der Waals surface area contributed by atoms with Gasteiger partial charge in [-0.2, -0.15) is 5.26 Å². The molecule has 2 aromatic heterocycles. The van der Waals surface area contributed by atoms with Crippen molar-refractivity contribution in [2.24, 2.45) is 5.92 Å². The van der Waals surface area contributed by atoms with Gasteiger partial charge >= 0.3 is 0 Å². The quantitative estimate of drug-likeness (QED) is 0.742. The zero-order chi connectivity index (χ0) is 21.1. The van der Waals surface area contributed by atoms with Gasteiger partial charge in [0.15, 0.2) is 5.82 Å². The number of anilines is 1. The topological polar surface area (TPSA) is 95.1 Å². The first-order valence-electron chi connectivity index (χ1n) is 8.50. The first-order valence-corrected chi connectivity index (χ1v) is 9.31. The smallest absolute Gasteiger partial charge is 0.286 e. The van der Waals surface area contributed by atoms with Crippen molar-refractivity contribution in [3.63, 3.8) is 0 Å². The fraction of sp³-hybridized carbons (Fsp3) is 0.316. The van der Waals surface area contributed by atoms with Crippen LogP contribution in [-0.4, -0.2) is 28.1 Å². The number of carbonyl (C=O) groups is 1. The van der Waals surface area contributed by atoms with Gasteiger partial charge in [-0.1, -0.05) is 11.8 Å². The number of rotatable bonds is 4. The van der Waals surface area contributed by atoms with Crippen LogP contribution in [0, 0.1) is 34.9 Å². The minimum atomic E-state index is -2.87. The van der Waals surface area contributed by atoms with E-state index in [1.54, 1.807) is 0 Å². The molecule has 1 aliphatic carbocycles. The van der Waals surface area contributed by atoms with Gasteiger partial charge in [0, 0.05) is 18.2 Å². The van der Waals surface area contributed by atoms with Crippen molar-refractivity contribution in [2.75, 3.05) is 5.32 Å². The van der Waals surface area contributed by atoms with Crippen LogP contribution in [0.3, 0.4) is 0 Å². The largest absolute Gasteiger partial charge is 0.393 e. The maximum Gasteiger partial charge on any atom is 0.286 e. The summed E-state index contributed by atoms with van der Waals surface area (Å²) in [6.07, 6.45) is -1.18. The zero-order valence-electron chi connectivity index (χ0n) is 14.8. The predicted octanol–water partition coefficient (Wildman–Crippen LogP) is 2.56. The van der Waals surface area contributed by atoms with Crippen LogP contribution in [-0.2, 0) is 6.54 Å². The van der Waals surface area contributed by atoms with Gasteiger partial charge < -0.3 is 15.0 Å². The number of nitriles is 1. The molecule has 2 heterocycles. The number of hydrogen-bond acceptors (Lipinski definition) is 5. The number of hydrogen-bond donors (Lipinski definition) is 2. The van der Waals surface area contributed by atoms with E-state index < -0.39 is 30.3 Å². The Hall–Kier alpha value is -3.08. The third-order valence-electron chi connectivity index (χ3n) is 4.22. The Bertz CT molecular complexity index is 1100. The lowest BCUT2D eigenvalue weighted by Crippen LogP contribution is -2.26. The second-order valence-corrected chi connectivity index (χ2v) is 7.49. The van der Waals surface area contributed by atoms with Gasteiger partial charge in [0.1, 0.15) is 10.9 Å². The average Bonchev–Trinajstić information content (AvgIpc) is 3.05. The molecule has 29 heavy (non-hydrogen) atoms. The minimum Gasteiger partial charge on any atom is -0.393 e. The van der Waals surface area contributed by atoms with E-state index in [1.165, 1.54) is 6.07 Å². The van der Waals surface area contributed by atoms with Crippen LogP contribution < -0.4 is 10.9 Å². The molecule has 2 aromatic rings. The Morgan fingerprint density at radius 2 is 2.14 bits per heavy atom. The van der Waals surface area contributed by atoms with Crippen LogP contribution in [0.5, 0.6) is 0 Å². The molecule has 1 fully saturated rings. The lowest BCUT2D eigenvalue weighted by Gasteiger charge is -2.26. The van der Waals surface area contributed by atoms with Crippen LogP contribution in [0.1, 0.15) is 33.0 Å². The third-order valence-corrected chi connectivity index (χ3v) is 5.25. The summed E-state index contributed by atoms with van der Waals surface area (Å²) in [6.45, 7) is -1.01. The average molecular weight is 421 g/mol. The van der Waals surface area contributed by atoms with E-state index >= 15 is 0 Å². The highest BCUT2D eigenvalue weighted by molar-refractivity contribution is 7.14. The van der Waals surface area contributed by atoms with Gasteiger partial charge in [-0.25, -0.2) is 13.2 Å². The van der Waals surface area contributed by atoms with Gasteiger partial charge in [0.2, 0.25) is 0 Å². The summed E-state index contributed by atoms with van der Waals surface area (Å²) in [5.74, 6) is 3.83. The van der Waals surface area contributed by atoms with Crippen LogP contribution in [0.15, 0.2) is 23.1 Å². The maximum atomic E-state index is 13.7. The van der Waals surface area contributed by atoms with Gasteiger partial charge in [0.25, 0.3) is 17.9 Å². The van der Waals surface area contributed by atoms with Crippen molar-refractivity contribution >= 4 is 22.9 Å². The van der Waals surface area contributed by atoms with E-state index in [2.05, 4.69) is 17.2 Å². The van der Waals surface area contributed by atoms with E-state index in [-0.39, 0.29) is 27.5 Å². The molecule has 0 spiro atoms. The van der Waals surface area contributed by atoms with Gasteiger partial charge in [-0.05, 0) is 18.9 Å². The van der Waals surface area contributed by atoms with E-state index in [1.807, 2.05) is 6.07 Å². The lowest BCUT2D eigenvalue weighted by molar-refractivity contribution is 0.0665. The van der Waals surface area contributed by atoms with Crippen molar-refractivity contribution in [3.05, 3.63) is 49.8 Å². The molecule has 0 saturated heterocycles. The number of aliphatic hydroxyl groups excluding tert-OH is 1. The molecule has 0 radical (unpaired) electrons. The third kappa shape index (κ3) is 4.86. The van der Waals surface area contributed by atoms with E-state index in [0.717, 1.165) is 23.6 Å². The summed E-state index contributed by atoms with van der Waals surface area (Å²) >= 11 is 0.880. The number of pyridine rings is 1. The summed E-state index contributed by atoms with van der Waals surface area (Å²) < 4.78 is 39.2. The number of nitrogens with zero attached hydrogens (tertiary/aromatic N) is 2. The molecule has 150 valence electrons. The Labute approximate surface area is 167 Å². The van der Waals surface area contributed by atoms with E-state index in [0.29, 0.717) is 23.0 Å². The van der Waals surface area contributed by atoms with Crippen molar-refractivity contribution < 1.29 is 23.1 Å². The fourth-order valence-corrected chi connectivity index (χ4v) is 3.51. The number of alkyl halides is 2. The van der Waals surface area contributed by atoms with Crippen molar-refractivity contribution in [3.8, 4) is 17.9 Å². The molecule has 0 unspecified atom stereocenters. The number of amides is 1. The second-order valence-electron chi connectivity index (χ2n) is 6.44. The lowest BCUT2D eigenvalue weighted by atomic mass is 9.83. The number of carbonyl (C=O) groups excluding carboxylic acids is 1. The predicted molar refractivity (Wildman–Crippen MR) is 99.3 cm³/mol. The Kier molecular flexibility index (Phi) is 6.06. The SMILES string of the molecule is N#Cc1sc(C(=O)Nc2cc(F)c(=O)n(CC(F)F)c2)cc1C#CC1CC(O)C1. The molecule has 1 saturated carbocycles. The highest BCUT2D eigenvalue weighted by atomic mass is 32.1.